The Labute approximate surface area is 194 Å². The summed E-state index contributed by atoms with van der Waals surface area (Å²) in [6.07, 6.45) is 8.81. The minimum absolute atomic E-state index is 0.166. The number of fused-ring (bicyclic) bond motifs is 1. The molecule has 34 heavy (non-hydrogen) atoms. The average Bonchev–Trinajstić information content (AvgIpc) is 2.87. The number of ether oxygens (including phenoxy) is 1. The summed E-state index contributed by atoms with van der Waals surface area (Å²) in [5, 5.41) is 0.647. The number of aromatic nitrogens is 3. The van der Waals surface area contributed by atoms with Gasteiger partial charge in [0.25, 0.3) is 0 Å². The van der Waals surface area contributed by atoms with Crippen LogP contribution in [0.15, 0.2) is 55.1 Å². The monoisotopic (exact) mass is 460 g/mol. The van der Waals surface area contributed by atoms with E-state index in [2.05, 4.69) is 25.8 Å². The van der Waals surface area contributed by atoms with E-state index in [1.165, 1.54) is 24.5 Å². The molecule has 170 valence electrons. The van der Waals surface area contributed by atoms with Crippen LogP contribution >= 0.6 is 0 Å². The molecule has 2 aromatic heterocycles. The van der Waals surface area contributed by atoms with Crippen LogP contribution in [0.4, 0.5) is 18.9 Å². The molecule has 1 aliphatic rings. The maximum Gasteiger partial charge on any atom is 0.149 e. The van der Waals surface area contributed by atoms with Gasteiger partial charge in [-0.2, -0.15) is 0 Å². The highest BCUT2D eigenvalue weighted by Crippen LogP contribution is 2.34. The fourth-order valence-electron chi connectivity index (χ4n) is 4.23. The second-order valence-electron chi connectivity index (χ2n) is 7.88. The van der Waals surface area contributed by atoms with E-state index < -0.39 is 23.4 Å². The van der Waals surface area contributed by atoms with Crippen molar-refractivity contribution >= 4 is 16.6 Å². The zero-order valence-corrected chi connectivity index (χ0v) is 18.0. The SMILES string of the molecule is C#CC(c1ccc(F)c(-c2ncnc3cc(N4CCOCC4)ccc23)c1)c1c(F)cncc1F. The molecular weight excluding hydrogens is 441 g/mol. The summed E-state index contributed by atoms with van der Waals surface area (Å²) in [7, 11) is 0. The van der Waals surface area contributed by atoms with E-state index in [9.17, 15) is 13.2 Å². The van der Waals surface area contributed by atoms with Crippen LogP contribution in [0.25, 0.3) is 22.2 Å². The zero-order chi connectivity index (χ0) is 23.7. The van der Waals surface area contributed by atoms with Gasteiger partial charge >= 0.3 is 0 Å². The lowest BCUT2D eigenvalue weighted by molar-refractivity contribution is 0.122. The quantitative estimate of drug-likeness (QED) is 0.413. The van der Waals surface area contributed by atoms with Crippen LogP contribution in [-0.4, -0.2) is 41.3 Å². The first-order valence-corrected chi connectivity index (χ1v) is 10.7. The standard InChI is InChI=1S/C26H19F3N4O/c1-2-18(25-22(28)13-30-14-23(25)29)16-3-6-21(27)20(11-16)26-19-5-4-17(12-24(19)31-15-32-26)33-7-9-34-10-8-33/h1,3-6,11-15,18H,7-10H2. The number of terminal acetylenes is 1. The lowest BCUT2D eigenvalue weighted by atomic mass is 9.90. The summed E-state index contributed by atoms with van der Waals surface area (Å²) in [6.45, 7) is 2.85. The smallest absolute Gasteiger partial charge is 0.149 e. The number of hydrogen-bond acceptors (Lipinski definition) is 5. The Balaban J connectivity index is 1.60. The predicted molar refractivity (Wildman–Crippen MR) is 123 cm³/mol. The summed E-state index contributed by atoms with van der Waals surface area (Å²) >= 11 is 0. The van der Waals surface area contributed by atoms with Gasteiger partial charge in [0.1, 0.15) is 23.8 Å². The maximum absolute atomic E-state index is 15.0. The average molecular weight is 460 g/mol. The van der Waals surface area contributed by atoms with Crippen LogP contribution < -0.4 is 4.90 Å². The van der Waals surface area contributed by atoms with E-state index in [0.717, 1.165) is 31.2 Å². The molecule has 0 saturated carbocycles. The molecule has 0 spiro atoms. The molecule has 1 unspecified atom stereocenters. The predicted octanol–water partition coefficient (Wildman–Crippen LogP) is 4.71. The molecule has 3 heterocycles. The van der Waals surface area contributed by atoms with Gasteiger partial charge in [-0.1, -0.05) is 12.0 Å². The van der Waals surface area contributed by atoms with Gasteiger partial charge in [0.2, 0.25) is 0 Å². The molecule has 1 saturated heterocycles. The number of nitrogens with zero attached hydrogens (tertiary/aromatic N) is 4. The molecular formula is C26H19F3N4O. The number of morpholine rings is 1. The number of benzene rings is 2. The van der Waals surface area contributed by atoms with Crippen LogP contribution in [0.1, 0.15) is 17.0 Å². The zero-order valence-electron chi connectivity index (χ0n) is 18.0. The first-order valence-electron chi connectivity index (χ1n) is 10.7. The third kappa shape index (κ3) is 3.95. The van der Waals surface area contributed by atoms with Gasteiger partial charge in [-0.3, -0.25) is 4.98 Å². The summed E-state index contributed by atoms with van der Waals surface area (Å²) in [6, 6.07) is 9.84. The van der Waals surface area contributed by atoms with Crippen LogP contribution in [0.2, 0.25) is 0 Å². The van der Waals surface area contributed by atoms with Crippen molar-refractivity contribution in [2.75, 3.05) is 31.2 Å². The number of pyridine rings is 1. The van der Waals surface area contributed by atoms with Crippen molar-refractivity contribution in [3.05, 3.63) is 83.7 Å². The van der Waals surface area contributed by atoms with Crippen molar-refractivity contribution in [1.29, 1.82) is 0 Å². The number of rotatable bonds is 4. The van der Waals surface area contributed by atoms with E-state index in [0.29, 0.717) is 35.4 Å². The molecule has 5 nitrogen and oxygen atoms in total. The third-order valence-corrected chi connectivity index (χ3v) is 5.92. The van der Waals surface area contributed by atoms with Gasteiger partial charge in [0.15, 0.2) is 0 Å². The van der Waals surface area contributed by atoms with Gasteiger partial charge < -0.3 is 9.64 Å². The first-order chi connectivity index (χ1) is 16.6. The van der Waals surface area contributed by atoms with Gasteiger partial charge in [-0.15, -0.1) is 6.42 Å². The van der Waals surface area contributed by atoms with Crippen molar-refractivity contribution in [3.8, 4) is 23.6 Å². The lowest BCUT2D eigenvalue weighted by Crippen LogP contribution is -2.36. The second-order valence-corrected chi connectivity index (χ2v) is 7.88. The molecule has 0 aliphatic carbocycles. The molecule has 0 bridgehead atoms. The molecule has 0 N–H and O–H groups in total. The Bertz CT molecular complexity index is 1390. The van der Waals surface area contributed by atoms with Crippen LogP contribution in [0, 0.1) is 29.8 Å². The Hall–Kier alpha value is -3.96. The van der Waals surface area contributed by atoms with Gasteiger partial charge in [0.05, 0.1) is 42.7 Å². The highest BCUT2D eigenvalue weighted by Gasteiger charge is 2.23. The Morgan fingerprint density at radius 2 is 1.71 bits per heavy atom. The summed E-state index contributed by atoms with van der Waals surface area (Å²) in [5.41, 5.74) is 2.23. The number of anilines is 1. The molecule has 0 radical (unpaired) electrons. The molecule has 1 aliphatic heterocycles. The normalized spacial score (nSPS) is 14.7. The summed E-state index contributed by atoms with van der Waals surface area (Å²) in [4.78, 5) is 14.4. The van der Waals surface area contributed by atoms with Gasteiger partial charge in [0, 0.05) is 35.3 Å². The highest BCUT2D eigenvalue weighted by molar-refractivity contribution is 5.94. The van der Waals surface area contributed by atoms with Crippen LogP contribution in [0.5, 0.6) is 0 Å². The van der Waals surface area contributed by atoms with Crippen LogP contribution in [0.3, 0.4) is 0 Å². The number of halogens is 3. The first kappa shape index (κ1) is 21.9. The molecule has 5 rings (SSSR count). The maximum atomic E-state index is 15.0. The largest absolute Gasteiger partial charge is 0.378 e. The number of hydrogen-bond donors (Lipinski definition) is 0. The Kier molecular flexibility index (Phi) is 5.86. The molecule has 2 aromatic carbocycles. The van der Waals surface area contributed by atoms with Crippen molar-refractivity contribution in [2.24, 2.45) is 0 Å². The van der Waals surface area contributed by atoms with Crippen molar-refractivity contribution in [3.63, 3.8) is 0 Å². The van der Waals surface area contributed by atoms with Crippen molar-refractivity contribution in [2.45, 2.75) is 5.92 Å². The Morgan fingerprint density at radius 3 is 2.44 bits per heavy atom. The minimum atomic E-state index is -1.07. The Morgan fingerprint density at radius 1 is 0.941 bits per heavy atom. The molecule has 4 aromatic rings. The van der Waals surface area contributed by atoms with E-state index >= 15 is 0 Å². The molecule has 1 fully saturated rings. The topological polar surface area (TPSA) is 51.1 Å². The summed E-state index contributed by atoms with van der Waals surface area (Å²) < 4.78 is 49.1. The molecule has 8 heteroatoms. The second kappa shape index (κ2) is 9.12. The van der Waals surface area contributed by atoms with Crippen molar-refractivity contribution in [1.82, 2.24) is 15.0 Å². The van der Waals surface area contributed by atoms with E-state index in [-0.39, 0.29) is 11.1 Å². The van der Waals surface area contributed by atoms with E-state index in [1.54, 1.807) is 0 Å². The minimum Gasteiger partial charge on any atom is -0.378 e. The van der Waals surface area contributed by atoms with Gasteiger partial charge in [-0.25, -0.2) is 23.1 Å². The summed E-state index contributed by atoms with van der Waals surface area (Å²) in [5.74, 6) is -0.912. The highest BCUT2D eigenvalue weighted by atomic mass is 19.1. The third-order valence-electron chi connectivity index (χ3n) is 5.92. The lowest BCUT2D eigenvalue weighted by Gasteiger charge is -2.29. The molecule has 1 atom stereocenters. The fraction of sp³-hybridized carbons (Fsp3) is 0.192. The van der Waals surface area contributed by atoms with E-state index in [1.807, 2.05) is 18.2 Å². The van der Waals surface area contributed by atoms with Crippen molar-refractivity contribution < 1.29 is 17.9 Å². The fourth-order valence-corrected chi connectivity index (χ4v) is 4.23. The van der Waals surface area contributed by atoms with E-state index in [4.69, 9.17) is 11.2 Å². The molecule has 0 amide bonds. The van der Waals surface area contributed by atoms with Gasteiger partial charge in [-0.05, 0) is 35.9 Å². The van der Waals surface area contributed by atoms with Crippen LogP contribution in [-0.2, 0) is 4.74 Å².